The fraction of sp³-hybridized carbons (Fsp3) is 0. The smallest absolute Gasteiger partial charge is 0.126 e. The third kappa shape index (κ3) is 2.09. The molecular weight excluding hydrogens is 160 g/mol. The van der Waals surface area contributed by atoms with Crippen molar-refractivity contribution in [1.82, 2.24) is 0 Å². The second-order valence-corrected chi connectivity index (χ2v) is 2.76. The molecule has 0 amide bonds. The highest BCUT2D eigenvalue weighted by Gasteiger charge is 1.88. The molecule has 0 radical (unpaired) electrons. The Morgan fingerprint density at radius 2 is 2.00 bits per heavy atom. The molecule has 1 nitrogen and oxygen atoms in total. The molecule has 1 aliphatic rings. The first-order valence-corrected chi connectivity index (χ1v) is 4.22. The molecule has 13 heavy (non-hydrogen) atoms. The van der Waals surface area contributed by atoms with Gasteiger partial charge >= 0.3 is 0 Å². The average Bonchev–Trinajstić information content (AvgIpc) is 2.75. The van der Waals surface area contributed by atoms with Crippen LogP contribution in [0.3, 0.4) is 0 Å². The molecule has 0 saturated heterocycles. The minimum Gasteiger partial charge on any atom is -0.465 e. The molecule has 0 spiro atoms. The molecule has 0 unspecified atom stereocenters. The zero-order valence-electron chi connectivity index (χ0n) is 7.18. The molecule has 1 heteroatoms. The van der Waals surface area contributed by atoms with Gasteiger partial charge in [-0.05, 0) is 23.8 Å². The van der Waals surface area contributed by atoms with Crippen molar-refractivity contribution in [1.29, 1.82) is 0 Å². The van der Waals surface area contributed by atoms with Gasteiger partial charge in [0.1, 0.15) is 5.76 Å². The fourth-order valence-electron chi connectivity index (χ4n) is 1.14. The molecule has 1 aromatic rings. The van der Waals surface area contributed by atoms with Crippen LogP contribution in [-0.2, 0) is 0 Å². The van der Waals surface area contributed by atoms with Gasteiger partial charge in [-0.25, -0.2) is 0 Å². The summed E-state index contributed by atoms with van der Waals surface area (Å²) in [7, 11) is 0. The normalized spacial score (nSPS) is 14.6. The van der Waals surface area contributed by atoms with Gasteiger partial charge in [0.05, 0.1) is 6.26 Å². The van der Waals surface area contributed by atoms with Crippen LogP contribution in [0.4, 0.5) is 0 Å². The second kappa shape index (κ2) is 3.76. The zero-order valence-corrected chi connectivity index (χ0v) is 7.18. The van der Waals surface area contributed by atoms with Gasteiger partial charge in [-0.1, -0.05) is 36.5 Å². The van der Waals surface area contributed by atoms with Gasteiger partial charge in [0.2, 0.25) is 0 Å². The van der Waals surface area contributed by atoms with E-state index in [0.717, 1.165) is 5.76 Å². The maximum atomic E-state index is 5.15. The quantitative estimate of drug-likeness (QED) is 0.663. The van der Waals surface area contributed by atoms with E-state index in [1.54, 1.807) is 6.26 Å². The molecule has 0 saturated carbocycles. The molecule has 1 aromatic heterocycles. The standard InChI is InChI=1S/C12H10O/c1-2-6-11(5-1)7-3-8-12-9-4-10-13-12/h1-10H/b8-3+. The molecule has 2 rings (SSSR count). The lowest BCUT2D eigenvalue weighted by atomic mass is 10.2. The minimum atomic E-state index is 0.878. The molecule has 0 aromatic carbocycles. The van der Waals surface area contributed by atoms with E-state index in [4.69, 9.17) is 4.42 Å². The van der Waals surface area contributed by atoms with Crippen LogP contribution in [0.1, 0.15) is 5.76 Å². The fourth-order valence-corrected chi connectivity index (χ4v) is 1.14. The van der Waals surface area contributed by atoms with E-state index < -0.39 is 0 Å². The van der Waals surface area contributed by atoms with E-state index >= 15 is 0 Å². The number of hydrogen-bond acceptors (Lipinski definition) is 1. The van der Waals surface area contributed by atoms with E-state index in [1.165, 1.54) is 5.57 Å². The van der Waals surface area contributed by atoms with Crippen molar-refractivity contribution in [2.45, 2.75) is 0 Å². The third-order valence-electron chi connectivity index (χ3n) is 1.78. The van der Waals surface area contributed by atoms with Gasteiger partial charge in [-0.3, -0.25) is 0 Å². The summed E-state index contributed by atoms with van der Waals surface area (Å²) in [6.45, 7) is 0. The Kier molecular flexibility index (Phi) is 2.28. The van der Waals surface area contributed by atoms with Gasteiger partial charge < -0.3 is 4.42 Å². The summed E-state index contributed by atoms with van der Waals surface area (Å²) in [5, 5.41) is 0. The first-order chi connectivity index (χ1) is 6.45. The van der Waals surface area contributed by atoms with E-state index in [9.17, 15) is 0 Å². The summed E-state index contributed by atoms with van der Waals surface area (Å²) in [5.74, 6) is 0.878. The Labute approximate surface area is 77.4 Å². The summed E-state index contributed by atoms with van der Waals surface area (Å²) in [5.41, 5.74) is 1.21. The monoisotopic (exact) mass is 170 g/mol. The highest BCUT2D eigenvalue weighted by molar-refractivity contribution is 5.49. The van der Waals surface area contributed by atoms with E-state index in [1.807, 2.05) is 42.5 Å². The largest absolute Gasteiger partial charge is 0.465 e. The van der Waals surface area contributed by atoms with Gasteiger partial charge in [0.25, 0.3) is 0 Å². The third-order valence-corrected chi connectivity index (χ3v) is 1.78. The molecule has 0 atom stereocenters. The summed E-state index contributed by atoms with van der Waals surface area (Å²) in [4.78, 5) is 0. The summed E-state index contributed by atoms with van der Waals surface area (Å²) < 4.78 is 5.15. The maximum absolute atomic E-state index is 5.15. The van der Waals surface area contributed by atoms with Crippen LogP contribution in [0.25, 0.3) is 6.08 Å². The molecular formula is C12H10O. The van der Waals surface area contributed by atoms with Crippen LogP contribution in [0, 0.1) is 0 Å². The molecule has 64 valence electrons. The molecule has 1 aliphatic carbocycles. The Bertz CT molecular complexity index is 361. The molecule has 0 fully saturated rings. The van der Waals surface area contributed by atoms with Crippen LogP contribution in [0.15, 0.2) is 64.8 Å². The van der Waals surface area contributed by atoms with Crippen molar-refractivity contribution in [2.24, 2.45) is 0 Å². The van der Waals surface area contributed by atoms with E-state index in [0.29, 0.717) is 0 Å². The highest BCUT2D eigenvalue weighted by atomic mass is 16.3. The van der Waals surface area contributed by atoms with Crippen LogP contribution in [0.2, 0.25) is 0 Å². The summed E-state index contributed by atoms with van der Waals surface area (Å²) in [6.07, 6.45) is 15.8. The average molecular weight is 170 g/mol. The van der Waals surface area contributed by atoms with Crippen LogP contribution in [0.5, 0.6) is 0 Å². The second-order valence-electron chi connectivity index (χ2n) is 2.76. The Morgan fingerprint density at radius 1 is 1.15 bits per heavy atom. The van der Waals surface area contributed by atoms with Crippen molar-refractivity contribution in [2.75, 3.05) is 0 Å². The van der Waals surface area contributed by atoms with Crippen molar-refractivity contribution in [3.63, 3.8) is 0 Å². The zero-order chi connectivity index (χ0) is 8.93. The number of furan rings is 1. The highest BCUT2D eigenvalue weighted by Crippen LogP contribution is 2.08. The van der Waals surface area contributed by atoms with Crippen molar-refractivity contribution in [3.05, 3.63) is 66.2 Å². The van der Waals surface area contributed by atoms with Gasteiger partial charge in [0.15, 0.2) is 0 Å². The lowest BCUT2D eigenvalue weighted by Crippen LogP contribution is -1.63. The minimum absolute atomic E-state index is 0.878. The molecule has 0 bridgehead atoms. The van der Waals surface area contributed by atoms with Crippen LogP contribution >= 0.6 is 0 Å². The lowest BCUT2D eigenvalue weighted by Gasteiger charge is -1.84. The topological polar surface area (TPSA) is 13.1 Å². The summed E-state index contributed by atoms with van der Waals surface area (Å²) >= 11 is 0. The van der Waals surface area contributed by atoms with Gasteiger partial charge in [-0.15, -0.1) is 0 Å². The van der Waals surface area contributed by atoms with E-state index in [2.05, 4.69) is 12.2 Å². The predicted molar refractivity (Wildman–Crippen MR) is 54.1 cm³/mol. The van der Waals surface area contributed by atoms with Crippen molar-refractivity contribution in [3.8, 4) is 0 Å². The first kappa shape index (κ1) is 7.87. The van der Waals surface area contributed by atoms with Crippen molar-refractivity contribution >= 4 is 6.08 Å². The van der Waals surface area contributed by atoms with Crippen LogP contribution < -0.4 is 0 Å². The lowest BCUT2D eigenvalue weighted by molar-refractivity contribution is 0.557. The maximum Gasteiger partial charge on any atom is 0.126 e. The Morgan fingerprint density at radius 3 is 2.69 bits per heavy atom. The number of allylic oxidation sites excluding steroid dienone is 7. The van der Waals surface area contributed by atoms with Gasteiger partial charge in [0, 0.05) is 0 Å². The van der Waals surface area contributed by atoms with E-state index in [-0.39, 0.29) is 0 Å². The van der Waals surface area contributed by atoms with Crippen LogP contribution in [-0.4, -0.2) is 0 Å². The Hall–Kier alpha value is -1.76. The SMILES string of the molecule is C1=CC(=C/C=C/c2ccco2)C=C1. The Balaban J connectivity index is 2.03. The molecule has 1 heterocycles. The summed E-state index contributed by atoms with van der Waals surface area (Å²) in [6, 6.07) is 3.80. The number of hydrogen-bond donors (Lipinski definition) is 0. The molecule has 0 N–H and O–H groups in total. The first-order valence-electron chi connectivity index (χ1n) is 4.22. The van der Waals surface area contributed by atoms with Gasteiger partial charge in [-0.2, -0.15) is 0 Å². The number of rotatable bonds is 2. The van der Waals surface area contributed by atoms with Crippen molar-refractivity contribution < 1.29 is 4.42 Å². The predicted octanol–water partition coefficient (Wildman–Crippen LogP) is 3.35. The molecule has 0 aliphatic heterocycles.